The highest BCUT2D eigenvalue weighted by Crippen LogP contribution is 2.32. The number of nitriles is 1. The smallest absolute Gasteiger partial charge is 0.336 e. The minimum atomic E-state index is -5.18. The topological polar surface area (TPSA) is 128 Å². The van der Waals surface area contributed by atoms with Gasteiger partial charge in [0, 0.05) is 53.6 Å². The van der Waals surface area contributed by atoms with Crippen molar-refractivity contribution in [2.45, 2.75) is 65.3 Å². The molecule has 1 saturated heterocycles. The summed E-state index contributed by atoms with van der Waals surface area (Å²) in [7, 11) is 0. The number of nitrogens with zero attached hydrogens (tertiary/aromatic N) is 4. The van der Waals surface area contributed by atoms with Gasteiger partial charge in [-0.3, -0.25) is 24.4 Å². The second-order valence-electron chi connectivity index (χ2n) is 10.8. The van der Waals surface area contributed by atoms with E-state index in [1.165, 1.54) is 31.9 Å². The Morgan fingerprint density at radius 3 is 2.41 bits per heavy atom. The van der Waals surface area contributed by atoms with Gasteiger partial charge in [0.1, 0.15) is 18.1 Å². The maximum atomic E-state index is 13.7. The molecule has 2 N–H and O–H groups in total. The van der Waals surface area contributed by atoms with Gasteiger partial charge in [-0.05, 0) is 31.7 Å². The minimum absolute atomic E-state index is 0.0802. The number of amides is 3. The van der Waals surface area contributed by atoms with E-state index >= 15 is 0 Å². The molecule has 9 nitrogen and oxygen atoms in total. The average molecular weight is 545 g/mol. The van der Waals surface area contributed by atoms with Crippen LogP contribution in [0.3, 0.4) is 0 Å². The highest BCUT2D eigenvalue weighted by molar-refractivity contribution is 5.95. The molecule has 2 aromatic heterocycles. The van der Waals surface area contributed by atoms with Crippen LogP contribution < -0.4 is 10.6 Å². The molecule has 0 saturated carbocycles. The molecule has 0 aromatic carbocycles. The second-order valence-corrected chi connectivity index (χ2v) is 10.8. The van der Waals surface area contributed by atoms with Crippen molar-refractivity contribution in [2.24, 2.45) is 11.3 Å². The number of rotatable bonds is 6. The van der Waals surface area contributed by atoms with Gasteiger partial charge in [-0.2, -0.15) is 18.4 Å². The summed E-state index contributed by atoms with van der Waals surface area (Å²) < 4.78 is 39.2. The lowest BCUT2D eigenvalue weighted by Crippen LogP contribution is -2.60. The summed E-state index contributed by atoms with van der Waals surface area (Å²) >= 11 is 0. The number of hydrogen-bond donors (Lipinski definition) is 2. The van der Waals surface area contributed by atoms with Crippen LogP contribution in [-0.2, 0) is 14.4 Å². The van der Waals surface area contributed by atoms with E-state index < -0.39 is 53.4 Å². The Labute approximate surface area is 224 Å². The zero-order valence-electron chi connectivity index (χ0n) is 22.3. The molecule has 1 aliphatic rings. The third-order valence-electron chi connectivity index (χ3n) is 6.51. The molecule has 4 atom stereocenters. The molecule has 1 aliphatic heterocycles. The number of nitrogens with one attached hydrogen (secondary N) is 2. The highest BCUT2D eigenvalue weighted by Gasteiger charge is 2.48. The summed E-state index contributed by atoms with van der Waals surface area (Å²) in [4.78, 5) is 48.6. The first-order valence-electron chi connectivity index (χ1n) is 12.4. The van der Waals surface area contributed by atoms with Crippen LogP contribution in [-0.4, -0.2) is 57.4 Å². The van der Waals surface area contributed by atoms with Crippen molar-refractivity contribution in [1.29, 1.82) is 5.26 Å². The number of fused-ring (bicyclic) bond motifs is 1. The van der Waals surface area contributed by atoms with Crippen LogP contribution in [0.5, 0.6) is 0 Å². The first-order valence-corrected chi connectivity index (χ1v) is 12.4. The maximum Gasteiger partial charge on any atom is 0.471 e. The predicted octanol–water partition coefficient (Wildman–Crippen LogP) is 3.59. The van der Waals surface area contributed by atoms with Gasteiger partial charge in [0.25, 0.3) is 0 Å². The Balaban J connectivity index is 1.97. The van der Waals surface area contributed by atoms with Gasteiger partial charge in [-0.15, -0.1) is 0 Å². The average Bonchev–Trinajstić information content (AvgIpc) is 3.26. The molecular weight excluding hydrogens is 513 g/mol. The second kappa shape index (κ2) is 11.4. The van der Waals surface area contributed by atoms with Crippen LogP contribution >= 0.6 is 0 Å². The van der Waals surface area contributed by atoms with Crippen molar-refractivity contribution in [3.05, 3.63) is 48.1 Å². The molecule has 3 rings (SSSR count). The molecule has 1 unspecified atom stereocenters. The molecular formula is C27H31F3N6O3. The Morgan fingerprint density at radius 2 is 1.82 bits per heavy atom. The normalized spacial score (nSPS) is 19.1. The summed E-state index contributed by atoms with van der Waals surface area (Å²) in [5.74, 6) is -4.15. The first-order chi connectivity index (χ1) is 18.1. The van der Waals surface area contributed by atoms with Crippen molar-refractivity contribution < 1.29 is 27.6 Å². The van der Waals surface area contributed by atoms with E-state index in [2.05, 4.69) is 21.4 Å². The minimum Gasteiger partial charge on any atom is -0.336 e. The zero-order valence-corrected chi connectivity index (χ0v) is 22.3. The number of alkyl halides is 3. The van der Waals surface area contributed by atoms with E-state index in [1.807, 2.05) is 25.2 Å². The maximum absolute atomic E-state index is 13.7. The van der Waals surface area contributed by atoms with E-state index in [-0.39, 0.29) is 6.54 Å². The Morgan fingerprint density at radius 1 is 1.13 bits per heavy atom. The SMILES string of the molecule is CC(C)=C[C@H]1CCN(C(=O)[C@@H](NC(=O)C(F)(F)F)C(C)(C)C)[C@@H]1C(=O)NC(C#N)c1cncc2ccncc12. The third kappa shape index (κ3) is 6.71. The fourth-order valence-corrected chi connectivity index (χ4v) is 4.69. The van der Waals surface area contributed by atoms with Gasteiger partial charge in [0.15, 0.2) is 0 Å². The van der Waals surface area contributed by atoms with Crippen LogP contribution in [0.25, 0.3) is 10.8 Å². The number of aromatic nitrogens is 2. The monoisotopic (exact) mass is 544 g/mol. The van der Waals surface area contributed by atoms with Crippen molar-refractivity contribution in [3.8, 4) is 6.07 Å². The van der Waals surface area contributed by atoms with Gasteiger partial charge < -0.3 is 15.5 Å². The van der Waals surface area contributed by atoms with E-state index in [4.69, 9.17) is 0 Å². The standard InChI is InChI=1S/C27H31F3N6O3/c1-15(2)10-16-7-9-36(24(38)22(26(3,4)5)35-25(39)27(28,29)30)21(16)23(37)34-20(11-31)19-14-33-12-17-6-8-32-13-18(17)19/h6,8,10,12-14,16,20-22H,7,9H2,1-5H3,(H,34,37)(H,35,39)/t16-,20?,21+,22-/m1/s1. The van der Waals surface area contributed by atoms with Gasteiger partial charge in [0.05, 0.1) is 6.07 Å². The lowest BCUT2D eigenvalue weighted by atomic mass is 9.85. The molecule has 0 radical (unpaired) electrons. The van der Waals surface area contributed by atoms with Crippen LogP contribution in [0.2, 0.25) is 0 Å². The first kappa shape index (κ1) is 29.5. The summed E-state index contributed by atoms with van der Waals surface area (Å²) in [6, 6.07) is -0.0276. The van der Waals surface area contributed by atoms with Crippen LogP contribution in [0, 0.1) is 22.7 Å². The highest BCUT2D eigenvalue weighted by atomic mass is 19.4. The van der Waals surface area contributed by atoms with Crippen molar-refractivity contribution in [3.63, 3.8) is 0 Å². The lowest BCUT2D eigenvalue weighted by Gasteiger charge is -2.36. The fraction of sp³-hybridized carbons (Fsp3) is 0.481. The predicted molar refractivity (Wildman–Crippen MR) is 137 cm³/mol. The number of likely N-dealkylation sites (tertiary alicyclic amines) is 1. The Hall–Kier alpha value is -4.01. The molecule has 1 fully saturated rings. The molecule has 0 spiro atoms. The number of pyridine rings is 2. The van der Waals surface area contributed by atoms with E-state index in [1.54, 1.807) is 24.7 Å². The Kier molecular flexibility index (Phi) is 8.63. The number of allylic oxidation sites excluding steroid dienone is 1. The fourth-order valence-electron chi connectivity index (χ4n) is 4.69. The van der Waals surface area contributed by atoms with Crippen LogP contribution in [0.4, 0.5) is 13.2 Å². The summed E-state index contributed by atoms with van der Waals surface area (Å²) in [6.07, 6.45) is 3.18. The van der Waals surface area contributed by atoms with Crippen LogP contribution in [0.15, 0.2) is 42.5 Å². The zero-order chi connectivity index (χ0) is 29.1. The number of carbonyl (C=O) groups excluding carboxylic acids is 3. The molecule has 3 heterocycles. The van der Waals surface area contributed by atoms with Gasteiger partial charge in [-0.25, -0.2) is 0 Å². The van der Waals surface area contributed by atoms with E-state index in [0.717, 1.165) is 5.57 Å². The molecule has 0 bridgehead atoms. The number of hydrogen-bond acceptors (Lipinski definition) is 6. The summed E-state index contributed by atoms with van der Waals surface area (Å²) in [6.45, 7) is 8.31. The van der Waals surface area contributed by atoms with Crippen molar-refractivity contribution in [2.75, 3.05) is 6.54 Å². The van der Waals surface area contributed by atoms with E-state index in [0.29, 0.717) is 22.8 Å². The quantitative estimate of drug-likeness (QED) is 0.535. The van der Waals surface area contributed by atoms with Crippen molar-refractivity contribution >= 4 is 28.5 Å². The molecule has 39 heavy (non-hydrogen) atoms. The summed E-state index contributed by atoms with van der Waals surface area (Å²) in [5.41, 5.74) is 0.201. The van der Waals surface area contributed by atoms with Gasteiger partial charge >= 0.3 is 12.1 Å². The lowest BCUT2D eigenvalue weighted by molar-refractivity contribution is -0.176. The van der Waals surface area contributed by atoms with Crippen molar-refractivity contribution in [1.82, 2.24) is 25.5 Å². The van der Waals surface area contributed by atoms with Gasteiger partial charge in [0.2, 0.25) is 11.8 Å². The number of halogens is 3. The largest absolute Gasteiger partial charge is 0.471 e. The molecule has 3 amide bonds. The number of carbonyl (C=O) groups is 3. The third-order valence-corrected chi connectivity index (χ3v) is 6.51. The van der Waals surface area contributed by atoms with E-state index in [9.17, 15) is 32.8 Å². The molecule has 2 aromatic rings. The molecule has 12 heteroatoms. The van der Waals surface area contributed by atoms with Gasteiger partial charge in [-0.1, -0.05) is 32.4 Å². The Bertz CT molecular complexity index is 1320. The molecule has 208 valence electrons. The molecule has 0 aliphatic carbocycles. The summed E-state index contributed by atoms with van der Waals surface area (Å²) in [5, 5.41) is 15.8. The van der Waals surface area contributed by atoms with Crippen LogP contribution in [0.1, 0.15) is 52.6 Å².